The van der Waals surface area contributed by atoms with Crippen molar-refractivity contribution in [3.63, 3.8) is 0 Å². The lowest BCUT2D eigenvalue weighted by Crippen LogP contribution is -2.09. The third-order valence-corrected chi connectivity index (χ3v) is 4.17. The van der Waals surface area contributed by atoms with Gasteiger partial charge in [0, 0.05) is 11.3 Å². The number of thiazole rings is 1. The standard InChI is InChI=1S/C16H22N2O2S/c1-13-16(21-12-18-13)7-9-19-10-11-20-15-4-2-14(3-5-15)6-8-17/h2-5,12H,6-11,17H2,1H3. The Kier molecular flexibility index (Phi) is 6.66. The van der Waals surface area contributed by atoms with Crippen molar-refractivity contribution in [3.05, 3.63) is 45.9 Å². The minimum atomic E-state index is 0.567. The highest BCUT2D eigenvalue weighted by Gasteiger charge is 2.01. The molecule has 0 aliphatic heterocycles. The minimum Gasteiger partial charge on any atom is -0.491 e. The van der Waals surface area contributed by atoms with Gasteiger partial charge in [0.05, 0.1) is 24.4 Å². The van der Waals surface area contributed by atoms with E-state index in [1.807, 2.05) is 24.6 Å². The molecule has 2 rings (SSSR count). The molecule has 1 aromatic carbocycles. The van der Waals surface area contributed by atoms with Gasteiger partial charge in [0.25, 0.3) is 0 Å². The SMILES string of the molecule is Cc1ncsc1CCOCCOc1ccc(CCN)cc1. The summed E-state index contributed by atoms with van der Waals surface area (Å²) in [5, 5.41) is 0. The van der Waals surface area contributed by atoms with Crippen LogP contribution in [-0.2, 0) is 17.6 Å². The molecule has 2 aromatic rings. The highest BCUT2D eigenvalue weighted by Crippen LogP contribution is 2.13. The number of benzene rings is 1. The van der Waals surface area contributed by atoms with Crippen molar-refractivity contribution in [2.45, 2.75) is 19.8 Å². The van der Waals surface area contributed by atoms with Crippen LogP contribution in [0.1, 0.15) is 16.1 Å². The van der Waals surface area contributed by atoms with E-state index < -0.39 is 0 Å². The van der Waals surface area contributed by atoms with E-state index in [2.05, 4.69) is 17.1 Å². The van der Waals surface area contributed by atoms with E-state index in [1.165, 1.54) is 10.4 Å². The summed E-state index contributed by atoms with van der Waals surface area (Å²) in [6.07, 6.45) is 1.82. The highest BCUT2D eigenvalue weighted by atomic mass is 32.1. The maximum atomic E-state index is 5.63. The summed E-state index contributed by atoms with van der Waals surface area (Å²) in [6.45, 7) is 4.58. The molecule has 0 unspecified atom stereocenters. The van der Waals surface area contributed by atoms with Gasteiger partial charge < -0.3 is 15.2 Å². The maximum Gasteiger partial charge on any atom is 0.119 e. The molecule has 2 N–H and O–H groups in total. The van der Waals surface area contributed by atoms with Crippen molar-refractivity contribution in [1.82, 2.24) is 4.98 Å². The van der Waals surface area contributed by atoms with Crippen molar-refractivity contribution < 1.29 is 9.47 Å². The molecule has 21 heavy (non-hydrogen) atoms. The van der Waals surface area contributed by atoms with Gasteiger partial charge in [-0.3, -0.25) is 0 Å². The predicted octanol–water partition coefficient (Wildman–Crippen LogP) is 2.59. The Morgan fingerprint density at radius 3 is 2.57 bits per heavy atom. The van der Waals surface area contributed by atoms with Crippen LogP contribution in [0, 0.1) is 6.92 Å². The van der Waals surface area contributed by atoms with E-state index in [4.69, 9.17) is 15.2 Å². The van der Waals surface area contributed by atoms with E-state index in [1.54, 1.807) is 11.3 Å². The molecule has 1 heterocycles. The summed E-state index contributed by atoms with van der Waals surface area (Å²) in [7, 11) is 0. The zero-order valence-corrected chi connectivity index (χ0v) is 13.2. The van der Waals surface area contributed by atoms with Gasteiger partial charge in [0.2, 0.25) is 0 Å². The molecule has 0 bridgehead atoms. The van der Waals surface area contributed by atoms with Gasteiger partial charge >= 0.3 is 0 Å². The van der Waals surface area contributed by atoms with Crippen molar-refractivity contribution in [2.24, 2.45) is 5.73 Å². The summed E-state index contributed by atoms with van der Waals surface area (Å²) >= 11 is 1.68. The summed E-state index contributed by atoms with van der Waals surface area (Å²) in [6, 6.07) is 8.06. The first kappa shape index (κ1) is 15.9. The van der Waals surface area contributed by atoms with Crippen molar-refractivity contribution >= 4 is 11.3 Å². The second kappa shape index (κ2) is 8.77. The number of ether oxygens (including phenoxy) is 2. The van der Waals surface area contributed by atoms with Gasteiger partial charge in [-0.05, 0) is 37.6 Å². The molecule has 114 valence electrons. The normalized spacial score (nSPS) is 10.8. The number of hydrogen-bond donors (Lipinski definition) is 1. The van der Waals surface area contributed by atoms with Crippen LogP contribution in [0.4, 0.5) is 0 Å². The molecule has 0 radical (unpaired) electrons. The Bertz CT molecular complexity index is 525. The number of nitrogens with two attached hydrogens (primary N) is 1. The molecule has 4 nitrogen and oxygen atoms in total. The Morgan fingerprint density at radius 1 is 1.10 bits per heavy atom. The van der Waals surface area contributed by atoms with Crippen LogP contribution in [-0.4, -0.2) is 31.3 Å². The summed E-state index contributed by atoms with van der Waals surface area (Å²) in [5.74, 6) is 0.873. The lowest BCUT2D eigenvalue weighted by Gasteiger charge is -2.08. The van der Waals surface area contributed by atoms with E-state index >= 15 is 0 Å². The lowest BCUT2D eigenvalue weighted by molar-refractivity contribution is 0.103. The molecule has 0 aliphatic rings. The Labute approximate surface area is 129 Å². The van der Waals surface area contributed by atoms with Crippen molar-refractivity contribution in [1.29, 1.82) is 0 Å². The molecular formula is C16H22N2O2S. The highest BCUT2D eigenvalue weighted by molar-refractivity contribution is 7.09. The number of nitrogens with zero attached hydrogens (tertiary/aromatic N) is 1. The first-order valence-corrected chi connectivity index (χ1v) is 8.06. The van der Waals surface area contributed by atoms with E-state index in [0.29, 0.717) is 26.4 Å². The fourth-order valence-corrected chi connectivity index (χ4v) is 2.73. The third-order valence-electron chi connectivity index (χ3n) is 3.17. The molecule has 0 amide bonds. The smallest absolute Gasteiger partial charge is 0.119 e. The van der Waals surface area contributed by atoms with E-state index in [0.717, 1.165) is 24.3 Å². The van der Waals surface area contributed by atoms with Crippen LogP contribution < -0.4 is 10.5 Å². The molecular weight excluding hydrogens is 284 g/mol. The van der Waals surface area contributed by atoms with Crippen molar-refractivity contribution in [3.8, 4) is 5.75 Å². The number of aryl methyl sites for hydroxylation is 1. The quantitative estimate of drug-likeness (QED) is 0.724. The van der Waals surface area contributed by atoms with E-state index in [-0.39, 0.29) is 0 Å². The number of aromatic nitrogens is 1. The molecule has 0 fully saturated rings. The van der Waals surface area contributed by atoms with Gasteiger partial charge in [-0.1, -0.05) is 12.1 Å². The van der Waals surface area contributed by atoms with Gasteiger partial charge in [0.15, 0.2) is 0 Å². The number of hydrogen-bond acceptors (Lipinski definition) is 5. The van der Waals surface area contributed by atoms with Crippen LogP contribution in [0.15, 0.2) is 29.8 Å². The molecule has 0 atom stereocenters. The number of rotatable bonds is 9. The molecule has 5 heteroatoms. The molecule has 1 aromatic heterocycles. The second-order valence-electron chi connectivity index (χ2n) is 4.75. The van der Waals surface area contributed by atoms with Gasteiger partial charge in [-0.15, -0.1) is 11.3 Å². The topological polar surface area (TPSA) is 57.4 Å². The Balaban J connectivity index is 1.58. The second-order valence-corrected chi connectivity index (χ2v) is 5.69. The van der Waals surface area contributed by atoms with Crippen LogP contribution in [0.25, 0.3) is 0 Å². The summed E-state index contributed by atoms with van der Waals surface area (Å²) in [4.78, 5) is 5.52. The van der Waals surface area contributed by atoms with E-state index in [9.17, 15) is 0 Å². The van der Waals surface area contributed by atoms with Crippen LogP contribution in [0.3, 0.4) is 0 Å². The Morgan fingerprint density at radius 2 is 1.90 bits per heavy atom. The minimum absolute atomic E-state index is 0.567. The monoisotopic (exact) mass is 306 g/mol. The lowest BCUT2D eigenvalue weighted by atomic mass is 10.1. The van der Waals surface area contributed by atoms with Crippen molar-refractivity contribution in [2.75, 3.05) is 26.4 Å². The predicted molar refractivity (Wildman–Crippen MR) is 86.1 cm³/mol. The van der Waals surface area contributed by atoms with Crippen LogP contribution in [0.2, 0.25) is 0 Å². The van der Waals surface area contributed by atoms with Gasteiger partial charge in [-0.2, -0.15) is 0 Å². The van der Waals surface area contributed by atoms with Gasteiger partial charge in [0.1, 0.15) is 12.4 Å². The van der Waals surface area contributed by atoms with Crippen LogP contribution in [0.5, 0.6) is 5.75 Å². The fraction of sp³-hybridized carbons (Fsp3) is 0.438. The molecule has 0 spiro atoms. The molecule has 0 saturated heterocycles. The van der Waals surface area contributed by atoms with Gasteiger partial charge in [-0.25, -0.2) is 4.98 Å². The largest absolute Gasteiger partial charge is 0.491 e. The summed E-state index contributed by atoms with van der Waals surface area (Å²) in [5.41, 5.74) is 9.74. The average molecular weight is 306 g/mol. The Hall–Kier alpha value is -1.43. The summed E-state index contributed by atoms with van der Waals surface area (Å²) < 4.78 is 11.2. The third kappa shape index (κ3) is 5.46. The maximum absolute atomic E-state index is 5.63. The molecule has 0 aliphatic carbocycles. The molecule has 0 saturated carbocycles. The fourth-order valence-electron chi connectivity index (χ4n) is 1.97. The first-order chi connectivity index (χ1) is 10.3. The zero-order valence-electron chi connectivity index (χ0n) is 12.4. The average Bonchev–Trinajstić information content (AvgIpc) is 2.90. The first-order valence-electron chi connectivity index (χ1n) is 7.18. The zero-order chi connectivity index (χ0) is 14.9. The van der Waals surface area contributed by atoms with Crippen LogP contribution >= 0.6 is 11.3 Å².